The quantitative estimate of drug-likeness (QED) is 0.405. The predicted molar refractivity (Wildman–Crippen MR) is 107 cm³/mol. The van der Waals surface area contributed by atoms with Crippen molar-refractivity contribution in [3.8, 4) is 0 Å². The van der Waals surface area contributed by atoms with Gasteiger partial charge < -0.3 is 16.2 Å². The largest absolute Gasteiger partial charge is 0.480 e. The van der Waals surface area contributed by atoms with E-state index in [4.69, 9.17) is 10.8 Å². The molecule has 0 bridgehead atoms. The first-order chi connectivity index (χ1) is 13.5. The Balaban J connectivity index is 0.000000202. The fraction of sp³-hybridized carbons (Fsp3) is 0.263. The minimum Gasteiger partial charge on any atom is -0.480 e. The number of benzene rings is 1. The molecule has 0 aliphatic carbocycles. The number of hydrogen-bond acceptors (Lipinski definition) is 6. The van der Waals surface area contributed by atoms with Crippen LogP contribution in [0.15, 0.2) is 54.7 Å². The van der Waals surface area contributed by atoms with Crippen molar-refractivity contribution in [3.05, 3.63) is 66.0 Å². The molecular formula is C19H22N4O4S. The lowest BCUT2D eigenvalue weighted by Gasteiger charge is -2.05. The molecule has 1 aliphatic rings. The van der Waals surface area contributed by atoms with Gasteiger partial charge in [0.05, 0.1) is 0 Å². The highest BCUT2D eigenvalue weighted by Gasteiger charge is 2.30. The summed E-state index contributed by atoms with van der Waals surface area (Å²) in [4.78, 5) is 36.6. The minimum absolute atomic E-state index is 0.295. The van der Waals surface area contributed by atoms with Crippen LogP contribution in [-0.2, 0) is 16.0 Å². The monoisotopic (exact) mass is 402 g/mol. The van der Waals surface area contributed by atoms with Crippen LogP contribution in [0.1, 0.15) is 17.3 Å². The van der Waals surface area contributed by atoms with Gasteiger partial charge in [-0.15, -0.1) is 0 Å². The first-order valence-electron chi connectivity index (χ1n) is 8.59. The fourth-order valence-electron chi connectivity index (χ4n) is 2.30. The molecule has 9 heteroatoms. The molecule has 28 heavy (non-hydrogen) atoms. The molecule has 1 saturated heterocycles. The summed E-state index contributed by atoms with van der Waals surface area (Å²) in [5, 5.41) is 13.2. The second-order valence-electron chi connectivity index (χ2n) is 5.90. The van der Waals surface area contributed by atoms with Crippen molar-refractivity contribution in [1.82, 2.24) is 15.6 Å². The van der Waals surface area contributed by atoms with Gasteiger partial charge in [0, 0.05) is 17.6 Å². The summed E-state index contributed by atoms with van der Waals surface area (Å²) < 4.78 is 0. The van der Waals surface area contributed by atoms with Gasteiger partial charge in [-0.25, -0.2) is 4.79 Å². The van der Waals surface area contributed by atoms with Gasteiger partial charge in [0.1, 0.15) is 12.1 Å². The standard InChI is InChI=1S/C10H14N2O2S.C9H8N2O2/c11-9(10(13)14)7-15-6-4-8-3-1-2-5-12-8;12-8-7(10-9(13)11-8)6-4-2-1-3-5-6/h1-3,5,9H,4,6-7,11H2,(H,13,14);1-5,7H,(H2,10,11,12,13)/t9-;/m0./s1. The molecule has 3 amide bonds. The van der Waals surface area contributed by atoms with Gasteiger partial charge in [-0.2, -0.15) is 11.8 Å². The number of rotatable bonds is 7. The molecule has 2 heterocycles. The van der Waals surface area contributed by atoms with E-state index < -0.39 is 24.1 Å². The third-order valence-corrected chi connectivity index (χ3v) is 4.84. The van der Waals surface area contributed by atoms with E-state index in [0.717, 1.165) is 23.4 Å². The third kappa shape index (κ3) is 7.01. The zero-order valence-electron chi connectivity index (χ0n) is 15.1. The molecule has 0 radical (unpaired) electrons. The highest BCUT2D eigenvalue weighted by molar-refractivity contribution is 7.99. The molecule has 2 atom stereocenters. The summed E-state index contributed by atoms with van der Waals surface area (Å²) in [7, 11) is 0. The molecule has 3 rings (SSSR count). The highest BCUT2D eigenvalue weighted by Crippen LogP contribution is 2.15. The Labute approximate surface area is 166 Å². The van der Waals surface area contributed by atoms with Crippen molar-refractivity contribution in [2.75, 3.05) is 11.5 Å². The van der Waals surface area contributed by atoms with Crippen LogP contribution in [0, 0.1) is 0 Å². The van der Waals surface area contributed by atoms with Crippen LogP contribution < -0.4 is 16.4 Å². The van der Waals surface area contributed by atoms with Crippen LogP contribution >= 0.6 is 11.8 Å². The molecule has 1 aromatic heterocycles. The van der Waals surface area contributed by atoms with Crippen molar-refractivity contribution in [3.63, 3.8) is 0 Å². The van der Waals surface area contributed by atoms with E-state index in [0.29, 0.717) is 5.75 Å². The topological polar surface area (TPSA) is 134 Å². The number of carboxylic acid groups (broad SMARTS) is 1. The number of nitrogens with one attached hydrogen (secondary N) is 2. The van der Waals surface area contributed by atoms with Crippen LogP contribution in [0.3, 0.4) is 0 Å². The van der Waals surface area contributed by atoms with Crippen LogP contribution in [0.4, 0.5) is 4.79 Å². The summed E-state index contributed by atoms with van der Waals surface area (Å²) in [6, 6.07) is 13.2. The summed E-state index contributed by atoms with van der Waals surface area (Å²) >= 11 is 1.54. The molecule has 1 aromatic carbocycles. The number of nitrogens with two attached hydrogens (primary N) is 1. The van der Waals surface area contributed by atoms with Gasteiger partial charge in [0.15, 0.2) is 0 Å². The van der Waals surface area contributed by atoms with Gasteiger partial charge in [-0.1, -0.05) is 36.4 Å². The first kappa shape index (κ1) is 21.4. The molecule has 1 aliphatic heterocycles. The third-order valence-electron chi connectivity index (χ3n) is 3.75. The SMILES string of the molecule is N[C@@H](CSCCc1ccccn1)C(=O)O.O=C1NC(=O)C(c2ccccc2)N1. The van der Waals surface area contributed by atoms with E-state index in [1.807, 2.05) is 36.4 Å². The van der Waals surface area contributed by atoms with E-state index in [2.05, 4.69) is 15.6 Å². The van der Waals surface area contributed by atoms with E-state index in [-0.39, 0.29) is 5.91 Å². The number of pyridine rings is 1. The van der Waals surface area contributed by atoms with Crippen molar-refractivity contribution in [2.45, 2.75) is 18.5 Å². The summed E-state index contributed by atoms with van der Waals surface area (Å²) in [5.41, 5.74) is 7.18. The lowest BCUT2D eigenvalue weighted by Crippen LogP contribution is -2.32. The Kier molecular flexibility index (Phi) is 8.44. The number of hydrogen-bond donors (Lipinski definition) is 4. The molecule has 5 N–H and O–H groups in total. The predicted octanol–water partition coefficient (Wildman–Crippen LogP) is 1.34. The van der Waals surface area contributed by atoms with Gasteiger partial charge in [-0.3, -0.25) is 19.9 Å². The summed E-state index contributed by atoms with van der Waals surface area (Å²) in [5.74, 6) is 0.0525. The average Bonchev–Trinajstić information content (AvgIpc) is 3.05. The number of carbonyl (C=O) groups is 3. The van der Waals surface area contributed by atoms with Crippen molar-refractivity contribution in [2.24, 2.45) is 5.73 Å². The molecule has 1 fully saturated rings. The number of urea groups is 1. The number of aromatic nitrogens is 1. The molecule has 148 valence electrons. The Morgan fingerprint density at radius 2 is 1.89 bits per heavy atom. The molecule has 2 aromatic rings. The molecule has 1 unspecified atom stereocenters. The van der Waals surface area contributed by atoms with Gasteiger partial charge in [-0.05, 0) is 29.9 Å². The number of thioether (sulfide) groups is 1. The van der Waals surface area contributed by atoms with Crippen LogP contribution in [0.5, 0.6) is 0 Å². The number of nitrogens with zero attached hydrogens (tertiary/aromatic N) is 1. The maximum atomic E-state index is 11.2. The number of aliphatic carboxylic acids is 1. The maximum Gasteiger partial charge on any atom is 0.322 e. The molecule has 8 nitrogen and oxygen atoms in total. The maximum absolute atomic E-state index is 11.2. The summed E-state index contributed by atoms with van der Waals surface area (Å²) in [6.07, 6.45) is 2.60. The lowest BCUT2D eigenvalue weighted by molar-refractivity contribution is -0.137. The number of carboxylic acids is 1. The van der Waals surface area contributed by atoms with Crippen molar-refractivity contribution < 1.29 is 19.5 Å². The molecule has 0 spiro atoms. The van der Waals surface area contributed by atoms with Gasteiger partial charge in [0.2, 0.25) is 0 Å². The normalized spacial score (nSPS) is 16.4. The zero-order valence-corrected chi connectivity index (χ0v) is 15.9. The molecular weight excluding hydrogens is 380 g/mol. The van der Waals surface area contributed by atoms with E-state index in [9.17, 15) is 14.4 Å². The highest BCUT2D eigenvalue weighted by atomic mass is 32.2. The van der Waals surface area contributed by atoms with E-state index in [1.165, 1.54) is 11.8 Å². The Hall–Kier alpha value is -2.91. The van der Waals surface area contributed by atoms with E-state index >= 15 is 0 Å². The van der Waals surface area contributed by atoms with Crippen LogP contribution in [0.2, 0.25) is 0 Å². The Morgan fingerprint density at radius 1 is 1.18 bits per heavy atom. The van der Waals surface area contributed by atoms with Gasteiger partial charge >= 0.3 is 12.0 Å². The number of carbonyl (C=O) groups excluding carboxylic acids is 2. The Bertz CT molecular complexity index is 789. The smallest absolute Gasteiger partial charge is 0.322 e. The van der Waals surface area contributed by atoms with Crippen molar-refractivity contribution in [1.29, 1.82) is 0 Å². The fourth-order valence-corrected chi connectivity index (χ4v) is 3.22. The number of aryl methyl sites for hydroxylation is 1. The first-order valence-corrected chi connectivity index (χ1v) is 9.75. The van der Waals surface area contributed by atoms with Crippen LogP contribution in [-0.4, -0.2) is 45.5 Å². The number of imide groups is 1. The number of amides is 3. The molecule has 0 saturated carbocycles. The average molecular weight is 402 g/mol. The summed E-state index contributed by atoms with van der Waals surface area (Å²) in [6.45, 7) is 0. The second kappa shape index (κ2) is 11.1. The second-order valence-corrected chi connectivity index (χ2v) is 7.05. The zero-order chi connectivity index (χ0) is 20.4. The van der Waals surface area contributed by atoms with Gasteiger partial charge in [0.25, 0.3) is 5.91 Å². The Morgan fingerprint density at radius 3 is 2.46 bits per heavy atom. The van der Waals surface area contributed by atoms with Crippen LogP contribution in [0.25, 0.3) is 0 Å². The van der Waals surface area contributed by atoms with E-state index in [1.54, 1.807) is 18.3 Å². The minimum atomic E-state index is -0.944. The lowest BCUT2D eigenvalue weighted by atomic mass is 10.1. The van der Waals surface area contributed by atoms with Crippen molar-refractivity contribution >= 4 is 29.7 Å².